The number of carbonyl (C=O) groups is 1. The lowest BCUT2D eigenvalue weighted by atomic mass is 9.83. The van der Waals surface area contributed by atoms with Crippen molar-refractivity contribution in [2.45, 2.75) is 18.9 Å². The van der Waals surface area contributed by atoms with Crippen molar-refractivity contribution >= 4 is 5.97 Å². The second-order valence-electron chi connectivity index (χ2n) is 3.96. The molecule has 3 nitrogen and oxygen atoms in total. The van der Waals surface area contributed by atoms with E-state index in [1.165, 1.54) is 7.11 Å². The van der Waals surface area contributed by atoms with Crippen LogP contribution >= 0.6 is 0 Å². The van der Waals surface area contributed by atoms with Gasteiger partial charge in [-0.25, -0.2) is 0 Å². The van der Waals surface area contributed by atoms with E-state index >= 15 is 0 Å². The van der Waals surface area contributed by atoms with Gasteiger partial charge in [0, 0.05) is 5.92 Å². The third-order valence-electron chi connectivity index (χ3n) is 2.82. The van der Waals surface area contributed by atoms with Gasteiger partial charge in [0.15, 0.2) is 0 Å². The summed E-state index contributed by atoms with van der Waals surface area (Å²) in [6.07, 6.45) is 0.884. The highest BCUT2D eigenvalue weighted by molar-refractivity contribution is 5.74. The lowest BCUT2D eigenvalue weighted by Crippen LogP contribution is -2.32. The largest absolute Gasteiger partial charge is 0.469 e. The van der Waals surface area contributed by atoms with Gasteiger partial charge in [0.2, 0.25) is 0 Å². The number of hydrogen-bond donors (Lipinski definition) is 1. The van der Waals surface area contributed by atoms with E-state index in [4.69, 9.17) is 4.74 Å². The number of aliphatic hydroxyl groups excluding tert-OH is 1. The maximum atomic E-state index is 11.7. The van der Waals surface area contributed by atoms with Crippen LogP contribution in [0.25, 0.3) is 0 Å². The Morgan fingerprint density at radius 1 is 1.41 bits per heavy atom. The van der Waals surface area contributed by atoms with E-state index in [0.29, 0.717) is 0 Å². The Bertz CT molecular complexity index is 370. The van der Waals surface area contributed by atoms with Crippen LogP contribution in [0.2, 0.25) is 0 Å². The molecule has 1 rings (SSSR count). The van der Waals surface area contributed by atoms with Crippen LogP contribution in [0.15, 0.2) is 43.0 Å². The van der Waals surface area contributed by atoms with Crippen molar-refractivity contribution in [1.29, 1.82) is 0 Å². The molecule has 0 aliphatic heterocycles. The number of allylic oxidation sites excluding steroid dienone is 1. The number of hydrogen-bond acceptors (Lipinski definition) is 3. The van der Waals surface area contributed by atoms with Crippen molar-refractivity contribution < 1.29 is 14.6 Å². The SMILES string of the molecule is C=CC(c1ccccc1)C(C(=O)OC)[C@@H](C)O. The normalized spacial score (nSPS) is 15.7. The molecule has 1 aromatic carbocycles. The van der Waals surface area contributed by atoms with E-state index in [2.05, 4.69) is 6.58 Å². The van der Waals surface area contributed by atoms with Crippen LogP contribution in [0, 0.1) is 5.92 Å². The average Bonchev–Trinajstić information content (AvgIpc) is 2.35. The molecule has 0 spiro atoms. The summed E-state index contributed by atoms with van der Waals surface area (Å²) in [5, 5.41) is 9.73. The third-order valence-corrected chi connectivity index (χ3v) is 2.82. The van der Waals surface area contributed by atoms with Crippen molar-refractivity contribution in [1.82, 2.24) is 0 Å². The van der Waals surface area contributed by atoms with Crippen molar-refractivity contribution in [3.63, 3.8) is 0 Å². The second kappa shape index (κ2) is 6.21. The summed E-state index contributed by atoms with van der Waals surface area (Å²) in [7, 11) is 1.32. The first-order valence-electron chi connectivity index (χ1n) is 5.55. The van der Waals surface area contributed by atoms with Gasteiger partial charge in [0.05, 0.1) is 19.1 Å². The monoisotopic (exact) mass is 234 g/mol. The third kappa shape index (κ3) is 3.17. The standard InChI is InChI=1S/C14H18O3/c1-4-12(11-8-6-5-7-9-11)13(10(2)15)14(16)17-3/h4-10,12-13,15H,1H2,2-3H3/t10-,12?,13?/m1/s1. The molecule has 0 bridgehead atoms. The summed E-state index contributed by atoms with van der Waals surface area (Å²) in [4.78, 5) is 11.7. The molecule has 17 heavy (non-hydrogen) atoms. The van der Waals surface area contributed by atoms with Gasteiger partial charge in [-0.3, -0.25) is 4.79 Å². The summed E-state index contributed by atoms with van der Waals surface area (Å²) in [5.41, 5.74) is 0.943. The fraction of sp³-hybridized carbons (Fsp3) is 0.357. The first-order valence-corrected chi connectivity index (χ1v) is 5.55. The molecular formula is C14H18O3. The van der Waals surface area contributed by atoms with E-state index in [-0.39, 0.29) is 5.92 Å². The molecule has 0 saturated heterocycles. The lowest BCUT2D eigenvalue weighted by Gasteiger charge is -2.25. The molecule has 3 atom stereocenters. The van der Waals surface area contributed by atoms with E-state index in [9.17, 15) is 9.90 Å². The molecule has 0 aromatic heterocycles. The summed E-state index contributed by atoms with van der Waals surface area (Å²) in [5.74, 6) is -1.29. The van der Waals surface area contributed by atoms with E-state index in [1.807, 2.05) is 30.3 Å². The molecule has 0 radical (unpaired) electrons. The van der Waals surface area contributed by atoms with Gasteiger partial charge < -0.3 is 9.84 Å². The Morgan fingerprint density at radius 2 is 2.00 bits per heavy atom. The van der Waals surface area contributed by atoms with Gasteiger partial charge >= 0.3 is 5.97 Å². The van der Waals surface area contributed by atoms with E-state index in [1.54, 1.807) is 13.0 Å². The summed E-state index contributed by atoms with van der Waals surface area (Å²) in [6, 6.07) is 9.50. The van der Waals surface area contributed by atoms with Crippen molar-refractivity contribution in [3.05, 3.63) is 48.6 Å². The molecule has 0 saturated carbocycles. The van der Waals surface area contributed by atoms with Gasteiger partial charge in [-0.2, -0.15) is 0 Å². The molecule has 2 unspecified atom stereocenters. The Hall–Kier alpha value is -1.61. The highest BCUT2D eigenvalue weighted by Crippen LogP contribution is 2.29. The minimum Gasteiger partial charge on any atom is -0.469 e. The molecule has 0 fully saturated rings. The number of carbonyl (C=O) groups excluding carboxylic acids is 1. The maximum Gasteiger partial charge on any atom is 0.312 e. The van der Waals surface area contributed by atoms with Gasteiger partial charge in [-0.05, 0) is 12.5 Å². The number of ether oxygens (including phenoxy) is 1. The number of esters is 1. The van der Waals surface area contributed by atoms with Crippen LogP contribution in [0.5, 0.6) is 0 Å². The zero-order chi connectivity index (χ0) is 12.8. The minimum atomic E-state index is -0.786. The first-order chi connectivity index (χ1) is 8.11. The van der Waals surface area contributed by atoms with Crippen molar-refractivity contribution in [2.75, 3.05) is 7.11 Å². The molecule has 0 aliphatic rings. The van der Waals surface area contributed by atoms with Gasteiger partial charge in [0.25, 0.3) is 0 Å². The zero-order valence-electron chi connectivity index (χ0n) is 10.2. The first kappa shape index (κ1) is 13.5. The highest BCUT2D eigenvalue weighted by atomic mass is 16.5. The molecule has 1 N–H and O–H groups in total. The predicted molar refractivity (Wildman–Crippen MR) is 66.6 cm³/mol. The van der Waals surface area contributed by atoms with E-state index < -0.39 is 18.0 Å². The predicted octanol–water partition coefficient (Wildman–Crippen LogP) is 2.13. The zero-order valence-corrected chi connectivity index (χ0v) is 10.2. The van der Waals surface area contributed by atoms with Crippen LogP contribution in [0.3, 0.4) is 0 Å². The number of benzene rings is 1. The van der Waals surface area contributed by atoms with Crippen LogP contribution in [-0.4, -0.2) is 24.3 Å². The van der Waals surface area contributed by atoms with Crippen LogP contribution in [0.1, 0.15) is 18.4 Å². The minimum absolute atomic E-state index is 0.247. The van der Waals surface area contributed by atoms with Crippen molar-refractivity contribution in [2.24, 2.45) is 5.92 Å². The van der Waals surface area contributed by atoms with Gasteiger partial charge in [-0.15, -0.1) is 6.58 Å². The smallest absolute Gasteiger partial charge is 0.312 e. The fourth-order valence-electron chi connectivity index (χ4n) is 1.94. The topological polar surface area (TPSA) is 46.5 Å². The number of methoxy groups -OCH3 is 1. The molecular weight excluding hydrogens is 216 g/mol. The van der Waals surface area contributed by atoms with Gasteiger partial charge in [0.1, 0.15) is 0 Å². The Labute approximate surface area is 102 Å². The Balaban J connectivity index is 3.06. The average molecular weight is 234 g/mol. The molecule has 1 aromatic rings. The molecule has 92 valence electrons. The highest BCUT2D eigenvalue weighted by Gasteiger charge is 2.32. The van der Waals surface area contributed by atoms with Crippen LogP contribution in [0.4, 0.5) is 0 Å². The number of aliphatic hydroxyl groups is 1. The van der Waals surface area contributed by atoms with E-state index in [0.717, 1.165) is 5.56 Å². The molecule has 0 heterocycles. The maximum absolute atomic E-state index is 11.7. The fourth-order valence-corrected chi connectivity index (χ4v) is 1.94. The van der Waals surface area contributed by atoms with Gasteiger partial charge in [-0.1, -0.05) is 36.4 Å². The second-order valence-corrected chi connectivity index (χ2v) is 3.96. The Kier molecular flexibility index (Phi) is 4.91. The summed E-state index contributed by atoms with van der Waals surface area (Å²) in [6.45, 7) is 5.32. The van der Waals surface area contributed by atoms with Crippen molar-refractivity contribution in [3.8, 4) is 0 Å². The Morgan fingerprint density at radius 3 is 2.41 bits per heavy atom. The number of rotatable bonds is 5. The lowest BCUT2D eigenvalue weighted by molar-refractivity contribution is -0.149. The summed E-state index contributed by atoms with van der Waals surface area (Å²) >= 11 is 0. The van der Waals surface area contributed by atoms with Crippen LogP contribution < -0.4 is 0 Å². The molecule has 0 amide bonds. The molecule has 0 aliphatic carbocycles. The summed E-state index contributed by atoms with van der Waals surface area (Å²) < 4.78 is 4.73. The quantitative estimate of drug-likeness (QED) is 0.627. The van der Waals surface area contributed by atoms with Crippen LogP contribution in [-0.2, 0) is 9.53 Å². The molecule has 3 heteroatoms.